The van der Waals surface area contributed by atoms with Crippen molar-refractivity contribution in [2.24, 2.45) is 0 Å². The molecule has 1 fully saturated rings. The molecule has 6 heteroatoms. The van der Waals surface area contributed by atoms with Gasteiger partial charge < -0.3 is 9.64 Å². The summed E-state index contributed by atoms with van der Waals surface area (Å²) >= 11 is 3.12. The third-order valence-electron chi connectivity index (χ3n) is 3.81. The van der Waals surface area contributed by atoms with Gasteiger partial charge in [-0.2, -0.15) is 13.2 Å². The van der Waals surface area contributed by atoms with Crippen LogP contribution in [0.15, 0.2) is 18.2 Å². The maximum Gasteiger partial charge on any atom is 0.416 e. The second-order valence-corrected chi connectivity index (χ2v) is 5.89. The zero-order chi connectivity index (χ0) is 15.6. The Hall–Kier alpha value is -0.750. The van der Waals surface area contributed by atoms with Crippen LogP contribution in [0.1, 0.15) is 31.4 Å². The smallest absolute Gasteiger partial charge is 0.375 e. The summed E-state index contributed by atoms with van der Waals surface area (Å²) in [7, 11) is 0. The van der Waals surface area contributed by atoms with Crippen molar-refractivity contribution in [1.29, 1.82) is 0 Å². The molecule has 1 aliphatic heterocycles. The van der Waals surface area contributed by atoms with Crippen LogP contribution in [0.5, 0.6) is 0 Å². The van der Waals surface area contributed by atoms with Gasteiger partial charge in [-0.25, -0.2) is 0 Å². The molecule has 2 nitrogen and oxygen atoms in total. The molecular weight excluding hydrogens is 347 g/mol. The maximum absolute atomic E-state index is 13.2. The van der Waals surface area contributed by atoms with Crippen molar-refractivity contribution in [2.45, 2.75) is 43.9 Å². The molecule has 2 unspecified atom stereocenters. The molecule has 2 rings (SSSR count). The second-order valence-electron chi connectivity index (χ2n) is 5.33. The van der Waals surface area contributed by atoms with Crippen molar-refractivity contribution in [3.05, 3.63) is 29.3 Å². The summed E-state index contributed by atoms with van der Waals surface area (Å²) in [5.41, 5.74) is 0.320. The van der Waals surface area contributed by atoms with E-state index in [9.17, 15) is 13.2 Å². The quantitative estimate of drug-likeness (QED) is 0.725. The van der Waals surface area contributed by atoms with Gasteiger partial charge in [-0.1, -0.05) is 28.9 Å². The zero-order valence-corrected chi connectivity index (χ0v) is 13.7. The molecule has 0 aromatic heterocycles. The molecule has 2 atom stereocenters. The monoisotopic (exact) mass is 365 g/mol. The first-order valence-corrected chi connectivity index (χ1v) is 8.13. The zero-order valence-electron chi connectivity index (χ0n) is 12.1. The molecule has 0 bridgehead atoms. The van der Waals surface area contributed by atoms with Crippen LogP contribution in [-0.2, 0) is 16.2 Å². The Morgan fingerprint density at radius 1 is 1.38 bits per heavy atom. The van der Waals surface area contributed by atoms with Crippen LogP contribution < -0.4 is 4.90 Å². The molecule has 1 aromatic rings. The fraction of sp³-hybridized carbons (Fsp3) is 0.600. The van der Waals surface area contributed by atoms with E-state index in [1.165, 1.54) is 6.07 Å². The van der Waals surface area contributed by atoms with Gasteiger partial charge in [0.1, 0.15) is 0 Å². The van der Waals surface area contributed by atoms with Gasteiger partial charge in [0.05, 0.1) is 24.3 Å². The highest BCUT2D eigenvalue weighted by atomic mass is 79.9. The summed E-state index contributed by atoms with van der Waals surface area (Å²) in [5, 5.41) is 0.193. The number of morpholine rings is 1. The molecular formula is C15H19BrF3NO. The van der Waals surface area contributed by atoms with E-state index in [-0.39, 0.29) is 23.0 Å². The van der Waals surface area contributed by atoms with Crippen molar-refractivity contribution in [3.8, 4) is 0 Å². The summed E-state index contributed by atoms with van der Waals surface area (Å²) in [6.45, 7) is 5.13. The number of halogens is 4. The van der Waals surface area contributed by atoms with Crippen LogP contribution in [0, 0.1) is 0 Å². The molecule has 21 heavy (non-hydrogen) atoms. The van der Waals surface area contributed by atoms with Gasteiger partial charge in [-0.3, -0.25) is 0 Å². The predicted octanol–water partition coefficient (Wildman–Crippen LogP) is 4.60. The van der Waals surface area contributed by atoms with Crippen molar-refractivity contribution >= 4 is 21.6 Å². The van der Waals surface area contributed by atoms with E-state index in [0.717, 1.165) is 6.42 Å². The van der Waals surface area contributed by atoms with Gasteiger partial charge in [0.2, 0.25) is 0 Å². The fourth-order valence-corrected chi connectivity index (χ4v) is 3.11. The van der Waals surface area contributed by atoms with Crippen LogP contribution in [0.4, 0.5) is 18.9 Å². The second kappa shape index (κ2) is 6.57. The Morgan fingerprint density at radius 2 is 2.10 bits per heavy atom. The summed E-state index contributed by atoms with van der Waals surface area (Å²) in [6.07, 6.45) is -3.47. The Bertz CT molecular complexity index is 492. The summed E-state index contributed by atoms with van der Waals surface area (Å²) < 4.78 is 45.1. The molecule has 0 aliphatic carbocycles. The molecule has 1 aromatic carbocycles. The van der Waals surface area contributed by atoms with E-state index in [0.29, 0.717) is 18.8 Å². The van der Waals surface area contributed by atoms with Crippen LogP contribution in [-0.4, -0.2) is 25.3 Å². The normalized spacial score (nSPS) is 23.4. The van der Waals surface area contributed by atoms with Gasteiger partial charge in [0.25, 0.3) is 0 Å². The predicted molar refractivity (Wildman–Crippen MR) is 80.9 cm³/mol. The molecule has 1 saturated heterocycles. The molecule has 0 amide bonds. The Morgan fingerprint density at radius 3 is 2.67 bits per heavy atom. The van der Waals surface area contributed by atoms with E-state index in [1.54, 1.807) is 12.1 Å². The fourth-order valence-electron chi connectivity index (χ4n) is 2.62. The van der Waals surface area contributed by atoms with Crippen molar-refractivity contribution in [1.82, 2.24) is 0 Å². The summed E-state index contributed by atoms with van der Waals surface area (Å²) in [5.74, 6) is 0. The van der Waals surface area contributed by atoms with Crippen molar-refractivity contribution < 1.29 is 17.9 Å². The van der Waals surface area contributed by atoms with Gasteiger partial charge >= 0.3 is 6.18 Å². The molecule has 0 spiro atoms. The van der Waals surface area contributed by atoms with Gasteiger partial charge in [0.15, 0.2) is 0 Å². The number of alkyl halides is 4. The highest BCUT2D eigenvalue weighted by Crippen LogP contribution is 2.36. The lowest BCUT2D eigenvalue weighted by atomic mass is 10.0. The first kappa shape index (κ1) is 16.6. The number of benzene rings is 1. The van der Waals surface area contributed by atoms with Gasteiger partial charge in [-0.15, -0.1) is 0 Å². The van der Waals surface area contributed by atoms with Crippen molar-refractivity contribution in [2.75, 3.05) is 18.1 Å². The molecule has 1 aliphatic rings. The van der Waals surface area contributed by atoms with Gasteiger partial charge in [-0.05, 0) is 31.0 Å². The molecule has 118 valence electrons. The van der Waals surface area contributed by atoms with Crippen LogP contribution in [0.25, 0.3) is 0 Å². The van der Waals surface area contributed by atoms with Crippen LogP contribution in [0.2, 0.25) is 0 Å². The minimum Gasteiger partial charge on any atom is -0.375 e. The largest absolute Gasteiger partial charge is 0.416 e. The lowest BCUT2D eigenvalue weighted by Crippen LogP contribution is -2.48. The first-order valence-electron chi connectivity index (χ1n) is 7.01. The summed E-state index contributed by atoms with van der Waals surface area (Å²) in [4.78, 5) is 2.03. The third kappa shape index (κ3) is 3.72. The summed E-state index contributed by atoms with van der Waals surface area (Å²) in [6, 6.07) is 4.71. The van der Waals surface area contributed by atoms with E-state index in [1.807, 2.05) is 18.7 Å². The molecule has 0 radical (unpaired) electrons. The first-order chi connectivity index (χ1) is 9.86. The number of hydrogen-bond donors (Lipinski definition) is 0. The van der Waals surface area contributed by atoms with E-state index < -0.39 is 11.7 Å². The third-order valence-corrected chi connectivity index (χ3v) is 4.42. The highest BCUT2D eigenvalue weighted by molar-refractivity contribution is 9.08. The van der Waals surface area contributed by atoms with Crippen molar-refractivity contribution in [3.63, 3.8) is 0 Å². The molecule has 1 heterocycles. The average Bonchev–Trinajstić information content (AvgIpc) is 2.45. The Kier molecular flexibility index (Phi) is 5.20. The Balaban J connectivity index is 2.39. The molecule has 0 N–H and O–H groups in total. The number of anilines is 1. The standard InChI is InChI=1S/C15H19BrF3NO/c1-3-12-9-21-10(2)8-20(12)13-5-4-11(7-16)14(6-13)15(17,18)19/h4-6,10,12H,3,7-9H2,1-2H3. The minimum absolute atomic E-state index is 0.0259. The SMILES string of the molecule is CCC1COC(C)CN1c1ccc(CBr)c(C(F)(F)F)c1. The number of nitrogens with zero attached hydrogens (tertiary/aromatic N) is 1. The highest BCUT2D eigenvalue weighted by Gasteiger charge is 2.34. The Labute approximate surface area is 131 Å². The van der Waals surface area contributed by atoms with Crippen LogP contribution >= 0.6 is 15.9 Å². The van der Waals surface area contributed by atoms with E-state index in [4.69, 9.17) is 4.74 Å². The van der Waals surface area contributed by atoms with E-state index in [2.05, 4.69) is 15.9 Å². The maximum atomic E-state index is 13.2. The average molecular weight is 366 g/mol. The lowest BCUT2D eigenvalue weighted by molar-refractivity contribution is -0.138. The van der Waals surface area contributed by atoms with Crippen LogP contribution in [0.3, 0.4) is 0 Å². The molecule has 0 saturated carbocycles. The number of rotatable bonds is 3. The lowest BCUT2D eigenvalue weighted by Gasteiger charge is -2.40. The topological polar surface area (TPSA) is 12.5 Å². The van der Waals surface area contributed by atoms with Gasteiger partial charge in [0, 0.05) is 17.6 Å². The minimum atomic E-state index is -4.33. The number of hydrogen-bond acceptors (Lipinski definition) is 2. The van der Waals surface area contributed by atoms with E-state index >= 15 is 0 Å². The number of ether oxygens (including phenoxy) is 1.